The number of piperidine rings is 1. The number of hydrogen-bond donors (Lipinski definition) is 1. The van der Waals surface area contributed by atoms with Crippen LogP contribution in [0.2, 0.25) is 5.02 Å². The fourth-order valence-corrected chi connectivity index (χ4v) is 4.97. The third kappa shape index (κ3) is 6.83. The highest BCUT2D eigenvalue weighted by molar-refractivity contribution is 7.97. The first kappa shape index (κ1) is 26.1. The molecule has 1 aliphatic carbocycles. The van der Waals surface area contributed by atoms with E-state index >= 15 is 0 Å². The first-order valence-electron chi connectivity index (χ1n) is 11.5. The lowest BCUT2D eigenvalue weighted by atomic mass is 9.97. The first-order valence-corrected chi connectivity index (χ1v) is 13.1. The Bertz CT molecular complexity index is 1070. The molecule has 2 fully saturated rings. The van der Waals surface area contributed by atoms with Crippen molar-refractivity contribution in [1.29, 1.82) is 0 Å². The normalized spacial score (nSPS) is 17.4. The van der Waals surface area contributed by atoms with E-state index in [0.29, 0.717) is 24.5 Å². The number of hydrogen-bond acceptors (Lipinski definition) is 4. The summed E-state index contributed by atoms with van der Waals surface area (Å²) in [6.07, 6.45) is 0.895. The molecule has 0 radical (unpaired) electrons. The van der Waals surface area contributed by atoms with Crippen molar-refractivity contribution in [3.8, 4) is 5.75 Å². The molecule has 10 heteroatoms. The van der Waals surface area contributed by atoms with Crippen molar-refractivity contribution in [2.75, 3.05) is 26.0 Å². The number of amides is 1. The van der Waals surface area contributed by atoms with Crippen LogP contribution < -0.4 is 9.46 Å². The van der Waals surface area contributed by atoms with E-state index in [0.717, 1.165) is 68.4 Å². The molecular weight excluding hydrogens is 504 g/mol. The average Bonchev–Trinajstić information content (AvgIpc) is 3.63. The lowest BCUT2D eigenvalue weighted by molar-refractivity contribution is -0.137. The van der Waals surface area contributed by atoms with Gasteiger partial charge in [-0.25, -0.2) is 4.39 Å². The lowest BCUT2D eigenvalue weighted by Gasteiger charge is -2.32. The minimum atomic E-state index is -4.43. The number of ether oxygens (including phenoxy) is 1. The molecule has 0 spiro atoms. The summed E-state index contributed by atoms with van der Waals surface area (Å²) < 4.78 is 62.4. The monoisotopic (exact) mass is 530 g/mol. The van der Waals surface area contributed by atoms with Crippen LogP contribution in [0.1, 0.15) is 58.6 Å². The topological polar surface area (TPSA) is 41.6 Å². The average molecular weight is 531 g/mol. The van der Waals surface area contributed by atoms with Crippen LogP contribution in [0, 0.1) is 11.7 Å². The number of carbonyl (C=O) groups is 1. The van der Waals surface area contributed by atoms with Crippen LogP contribution in [-0.4, -0.2) is 36.8 Å². The van der Waals surface area contributed by atoms with Gasteiger partial charge in [-0.05, 0) is 86.0 Å². The van der Waals surface area contributed by atoms with Gasteiger partial charge in [0.25, 0.3) is 5.91 Å². The van der Waals surface area contributed by atoms with Gasteiger partial charge in [-0.3, -0.25) is 14.4 Å². The van der Waals surface area contributed by atoms with E-state index in [4.69, 9.17) is 16.3 Å². The summed E-state index contributed by atoms with van der Waals surface area (Å²) >= 11 is 7.03. The number of halogens is 5. The van der Waals surface area contributed by atoms with Gasteiger partial charge >= 0.3 is 6.18 Å². The van der Waals surface area contributed by atoms with Gasteiger partial charge in [0.2, 0.25) is 0 Å². The fourth-order valence-electron chi connectivity index (χ4n) is 4.41. The second-order valence-corrected chi connectivity index (χ2v) is 10.2. The van der Waals surface area contributed by atoms with E-state index in [9.17, 15) is 22.4 Å². The van der Waals surface area contributed by atoms with Gasteiger partial charge in [-0.2, -0.15) is 13.2 Å². The van der Waals surface area contributed by atoms with Gasteiger partial charge in [0.05, 0.1) is 17.7 Å². The van der Waals surface area contributed by atoms with Gasteiger partial charge in [0.15, 0.2) is 0 Å². The minimum absolute atomic E-state index is 0.0246. The Hall–Kier alpha value is -1.97. The SMILES string of the molecule is CSNC(=O)c1cc(C2CC2)c(OCC2CCN(Cc3cc(Cl)cc(C(F)(F)F)c3)CC2)cc1F. The van der Waals surface area contributed by atoms with Gasteiger partial charge in [0, 0.05) is 23.9 Å². The van der Waals surface area contributed by atoms with E-state index in [1.54, 1.807) is 18.4 Å². The van der Waals surface area contributed by atoms with Crippen molar-refractivity contribution in [1.82, 2.24) is 9.62 Å². The number of nitrogens with zero attached hydrogens (tertiary/aromatic N) is 1. The second-order valence-electron chi connectivity index (χ2n) is 9.16. The molecule has 1 amide bonds. The van der Waals surface area contributed by atoms with Crippen LogP contribution >= 0.6 is 23.5 Å². The Morgan fingerprint density at radius 1 is 1.14 bits per heavy atom. The van der Waals surface area contributed by atoms with Gasteiger partial charge in [-0.15, -0.1) is 0 Å². The zero-order valence-electron chi connectivity index (χ0n) is 19.3. The maximum absolute atomic E-state index is 14.6. The molecule has 1 saturated carbocycles. The van der Waals surface area contributed by atoms with E-state index in [2.05, 4.69) is 9.62 Å². The molecule has 1 saturated heterocycles. The molecule has 0 aromatic heterocycles. The molecule has 1 aliphatic heterocycles. The van der Waals surface area contributed by atoms with Crippen molar-refractivity contribution >= 4 is 29.5 Å². The lowest BCUT2D eigenvalue weighted by Crippen LogP contribution is -2.35. The van der Waals surface area contributed by atoms with Gasteiger partial charge in [-0.1, -0.05) is 23.5 Å². The Balaban J connectivity index is 1.33. The summed E-state index contributed by atoms with van der Waals surface area (Å²) in [7, 11) is 0. The largest absolute Gasteiger partial charge is 0.493 e. The van der Waals surface area contributed by atoms with Crippen molar-refractivity contribution in [2.24, 2.45) is 5.92 Å². The zero-order valence-corrected chi connectivity index (χ0v) is 20.8. The molecular formula is C25H27ClF4N2O2S. The summed E-state index contributed by atoms with van der Waals surface area (Å²) in [4.78, 5) is 14.3. The smallest absolute Gasteiger partial charge is 0.416 e. The zero-order chi connectivity index (χ0) is 25.2. The molecule has 1 heterocycles. The maximum atomic E-state index is 14.6. The predicted octanol–water partition coefficient (Wildman–Crippen LogP) is 6.67. The molecule has 2 aromatic carbocycles. The van der Waals surface area contributed by atoms with Crippen LogP contribution in [-0.2, 0) is 12.7 Å². The van der Waals surface area contributed by atoms with Crippen LogP contribution in [0.4, 0.5) is 17.6 Å². The number of likely N-dealkylation sites (tertiary alicyclic amines) is 1. The molecule has 190 valence electrons. The van der Waals surface area contributed by atoms with Crippen molar-refractivity contribution in [3.05, 3.63) is 63.4 Å². The molecule has 2 aliphatic rings. The fraction of sp³-hybridized carbons (Fsp3) is 0.480. The molecule has 4 rings (SSSR count). The highest BCUT2D eigenvalue weighted by atomic mass is 35.5. The third-order valence-corrected chi connectivity index (χ3v) is 7.04. The molecule has 35 heavy (non-hydrogen) atoms. The standard InChI is InChI=1S/C25H27ClF4N2O2S/c1-35-31-24(33)21-11-20(17-2-3-17)23(12-22(21)27)34-14-15-4-6-32(7-5-15)13-16-8-18(25(28,29)30)10-19(26)9-16/h8-12,15,17H,2-7,13-14H2,1H3,(H,31,33). The summed E-state index contributed by atoms with van der Waals surface area (Å²) in [5.74, 6) is -0.0337. The van der Waals surface area contributed by atoms with E-state index in [1.165, 1.54) is 6.07 Å². The Morgan fingerprint density at radius 3 is 2.49 bits per heavy atom. The Morgan fingerprint density at radius 2 is 1.86 bits per heavy atom. The molecule has 0 bridgehead atoms. The number of nitrogens with one attached hydrogen (secondary N) is 1. The summed E-state index contributed by atoms with van der Waals surface area (Å²) in [6, 6.07) is 6.59. The van der Waals surface area contributed by atoms with Crippen molar-refractivity contribution in [2.45, 2.75) is 44.3 Å². The Labute approximate surface area is 211 Å². The third-order valence-electron chi connectivity index (χ3n) is 6.43. The van der Waals surface area contributed by atoms with Crippen LogP contribution in [0.25, 0.3) is 0 Å². The maximum Gasteiger partial charge on any atom is 0.416 e. The number of rotatable bonds is 8. The first-order chi connectivity index (χ1) is 16.6. The summed E-state index contributed by atoms with van der Waals surface area (Å²) in [5.41, 5.74) is 0.696. The van der Waals surface area contributed by atoms with Crippen molar-refractivity contribution in [3.63, 3.8) is 0 Å². The molecule has 0 unspecified atom stereocenters. The summed E-state index contributed by atoms with van der Waals surface area (Å²) in [5, 5.41) is 0.0776. The second kappa shape index (κ2) is 11.0. The van der Waals surface area contributed by atoms with Crippen LogP contribution in [0.15, 0.2) is 30.3 Å². The number of benzene rings is 2. The van der Waals surface area contributed by atoms with E-state index in [-0.39, 0.29) is 22.4 Å². The number of alkyl halides is 3. The predicted molar refractivity (Wildman–Crippen MR) is 129 cm³/mol. The highest BCUT2D eigenvalue weighted by Gasteiger charge is 2.32. The van der Waals surface area contributed by atoms with Crippen LogP contribution in [0.5, 0.6) is 5.75 Å². The molecule has 1 N–H and O–H groups in total. The van der Waals surface area contributed by atoms with Gasteiger partial charge in [0.1, 0.15) is 11.6 Å². The molecule has 4 nitrogen and oxygen atoms in total. The minimum Gasteiger partial charge on any atom is -0.493 e. The molecule has 0 atom stereocenters. The Kier molecular flexibility index (Phi) is 8.18. The highest BCUT2D eigenvalue weighted by Crippen LogP contribution is 2.45. The number of carbonyl (C=O) groups excluding carboxylic acids is 1. The van der Waals surface area contributed by atoms with Gasteiger partial charge < -0.3 is 4.74 Å². The molecule has 2 aromatic rings. The van der Waals surface area contributed by atoms with E-state index in [1.807, 2.05) is 0 Å². The summed E-state index contributed by atoms with van der Waals surface area (Å²) in [6.45, 7) is 2.27. The van der Waals surface area contributed by atoms with Crippen molar-refractivity contribution < 1.29 is 27.1 Å². The quantitative estimate of drug-likeness (QED) is 0.305. The van der Waals surface area contributed by atoms with E-state index < -0.39 is 23.5 Å². The van der Waals surface area contributed by atoms with Crippen LogP contribution in [0.3, 0.4) is 0 Å².